The predicted octanol–water partition coefficient (Wildman–Crippen LogP) is 4.39. The molecule has 1 aromatic carbocycles. The first-order valence-electron chi connectivity index (χ1n) is 7.05. The van der Waals surface area contributed by atoms with Crippen molar-refractivity contribution in [2.45, 2.75) is 0 Å². The molecule has 4 rings (SSSR count). The third-order valence-electron chi connectivity index (χ3n) is 3.56. The molecule has 0 saturated carbocycles. The van der Waals surface area contributed by atoms with Gasteiger partial charge >= 0.3 is 0 Å². The standard InChI is InChI=1S/C17H9ClF2N4/c18-12-8-11(13(19)9-14(12)20)16-10(4-3-6-21-16)17-22-15-5-1-2-7-24(15)23-17/h1-9H. The number of hydrogen-bond donors (Lipinski definition) is 0. The molecule has 24 heavy (non-hydrogen) atoms. The summed E-state index contributed by atoms with van der Waals surface area (Å²) in [6, 6.07) is 10.9. The Bertz CT molecular complexity index is 1030. The van der Waals surface area contributed by atoms with Crippen LogP contribution in [0, 0.1) is 11.6 Å². The second kappa shape index (κ2) is 5.65. The lowest BCUT2D eigenvalue weighted by molar-refractivity contribution is 0.585. The topological polar surface area (TPSA) is 43.1 Å². The quantitative estimate of drug-likeness (QED) is 0.507. The largest absolute Gasteiger partial charge is 0.255 e. The van der Waals surface area contributed by atoms with E-state index in [2.05, 4.69) is 15.1 Å². The molecular formula is C17H9ClF2N4. The van der Waals surface area contributed by atoms with Crippen LogP contribution in [-0.4, -0.2) is 19.6 Å². The minimum Gasteiger partial charge on any atom is -0.255 e. The molecule has 3 heterocycles. The predicted molar refractivity (Wildman–Crippen MR) is 86.6 cm³/mol. The zero-order valence-corrected chi connectivity index (χ0v) is 12.9. The van der Waals surface area contributed by atoms with E-state index >= 15 is 0 Å². The van der Waals surface area contributed by atoms with Crippen LogP contribution in [0.4, 0.5) is 8.78 Å². The maximum atomic E-state index is 14.2. The van der Waals surface area contributed by atoms with E-state index in [0.717, 1.165) is 6.07 Å². The van der Waals surface area contributed by atoms with E-state index in [4.69, 9.17) is 11.6 Å². The fraction of sp³-hybridized carbons (Fsp3) is 0. The Hall–Kier alpha value is -2.86. The molecule has 0 atom stereocenters. The Morgan fingerprint density at radius 2 is 1.83 bits per heavy atom. The van der Waals surface area contributed by atoms with Crippen LogP contribution in [0.5, 0.6) is 0 Å². The molecule has 7 heteroatoms. The van der Waals surface area contributed by atoms with E-state index in [9.17, 15) is 8.78 Å². The molecule has 3 aromatic heterocycles. The number of aromatic nitrogens is 4. The van der Waals surface area contributed by atoms with Crippen LogP contribution in [0.3, 0.4) is 0 Å². The first-order valence-corrected chi connectivity index (χ1v) is 7.43. The first-order chi connectivity index (χ1) is 11.6. The minimum absolute atomic E-state index is 0.0934. The lowest BCUT2D eigenvalue weighted by Gasteiger charge is -2.08. The van der Waals surface area contributed by atoms with Gasteiger partial charge in [-0.25, -0.2) is 18.3 Å². The van der Waals surface area contributed by atoms with Crippen LogP contribution in [-0.2, 0) is 0 Å². The summed E-state index contributed by atoms with van der Waals surface area (Å²) in [5.41, 5.74) is 1.58. The summed E-state index contributed by atoms with van der Waals surface area (Å²) in [5, 5.41) is 4.20. The van der Waals surface area contributed by atoms with Crippen LogP contribution in [0.25, 0.3) is 28.3 Å². The number of nitrogens with zero attached hydrogens (tertiary/aromatic N) is 4. The van der Waals surface area contributed by atoms with E-state index in [1.165, 1.54) is 12.3 Å². The lowest BCUT2D eigenvalue weighted by atomic mass is 10.0. The summed E-state index contributed by atoms with van der Waals surface area (Å²) < 4.78 is 29.3. The van der Waals surface area contributed by atoms with Gasteiger partial charge in [-0.1, -0.05) is 17.7 Å². The Morgan fingerprint density at radius 1 is 0.958 bits per heavy atom. The van der Waals surface area contributed by atoms with Crippen molar-refractivity contribution >= 4 is 17.2 Å². The summed E-state index contributed by atoms with van der Waals surface area (Å²) in [5.74, 6) is -1.17. The van der Waals surface area contributed by atoms with Gasteiger partial charge in [0.15, 0.2) is 11.5 Å². The van der Waals surface area contributed by atoms with Gasteiger partial charge in [-0.2, -0.15) is 0 Å². The van der Waals surface area contributed by atoms with Gasteiger partial charge in [0.1, 0.15) is 11.6 Å². The van der Waals surface area contributed by atoms with Gasteiger partial charge in [0.2, 0.25) is 0 Å². The molecule has 0 fully saturated rings. The van der Waals surface area contributed by atoms with Gasteiger partial charge in [0.25, 0.3) is 0 Å². The molecule has 0 amide bonds. The number of hydrogen-bond acceptors (Lipinski definition) is 3. The number of rotatable bonds is 2. The van der Waals surface area contributed by atoms with Crippen molar-refractivity contribution in [3.63, 3.8) is 0 Å². The SMILES string of the molecule is Fc1cc(F)c(-c2ncccc2-c2nc3ccccn3n2)cc1Cl. The fourth-order valence-corrected chi connectivity index (χ4v) is 2.61. The highest BCUT2D eigenvalue weighted by atomic mass is 35.5. The van der Waals surface area contributed by atoms with Crippen molar-refractivity contribution in [1.82, 2.24) is 19.6 Å². The highest BCUT2D eigenvalue weighted by molar-refractivity contribution is 6.31. The number of pyridine rings is 2. The smallest absolute Gasteiger partial charge is 0.184 e. The molecule has 0 aliphatic carbocycles. The van der Waals surface area contributed by atoms with Crippen LogP contribution in [0.1, 0.15) is 0 Å². The number of halogens is 3. The average molecular weight is 343 g/mol. The normalized spacial score (nSPS) is 11.1. The Balaban J connectivity index is 1.94. The van der Waals surface area contributed by atoms with E-state index in [1.807, 2.05) is 18.2 Å². The second-order valence-electron chi connectivity index (χ2n) is 5.08. The molecule has 118 valence electrons. The van der Waals surface area contributed by atoms with Crippen molar-refractivity contribution in [3.05, 3.63) is 71.5 Å². The van der Waals surface area contributed by atoms with Gasteiger partial charge in [0.05, 0.1) is 10.7 Å². The highest BCUT2D eigenvalue weighted by Gasteiger charge is 2.18. The number of benzene rings is 1. The summed E-state index contributed by atoms with van der Waals surface area (Å²) in [6.07, 6.45) is 3.28. The van der Waals surface area contributed by atoms with Crippen LogP contribution >= 0.6 is 11.6 Å². The van der Waals surface area contributed by atoms with E-state index in [0.29, 0.717) is 22.7 Å². The van der Waals surface area contributed by atoms with Gasteiger partial charge in [-0.15, -0.1) is 5.10 Å². The van der Waals surface area contributed by atoms with Crippen molar-refractivity contribution in [2.75, 3.05) is 0 Å². The second-order valence-corrected chi connectivity index (χ2v) is 5.49. The molecule has 0 spiro atoms. The zero-order chi connectivity index (χ0) is 16.7. The third-order valence-corrected chi connectivity index (χ3v) is 3.84. The summed E-state index contributed by atoms with van der Waals surface area (Å²) in [4.78, 5) is 8.64. The molecule has 0 N–H and O–H groups in total. The summed E-state index contributed by atoms with van der Waals surface area (Å²) in [6.45, 7) is 0. The first kappa shape index (κ1) is 14.7. The molecule has 0 bridgehead atoms. The molecule has 0 saturated heterocycles. The Morgan fingerprint density at radius 3 is 2.67 bits per heavy atom. The van der Waals surface area contributed by atoms with Crippen molar-refractivity contribution < 1.29 is 8.78 Å². The van der Waals surface area contributed by atoms with Crippen LogP contribution < -0.4 is 0 Å². The van der Waals surface area contributed by atoms with Crippen molar-refractivity contribution in [1.29, 1.82) is 0 Å². The van der Waals surface area contributed by atoms with Crippen molar-refractivity contribution in [2.24, 2.45) is 0 Å². The Kier molecular flexibility index (Phi) is 3.46. The zero-order valence-electron chi connectivity index (χ0n) is 12.1. The van der Waals surface area contributed by atoms with Gasteiger partial charge < -0.3 is 0 Å². The van der Waals surface area contributed by atoms with E-state index < -0.39 is 11.6 Å². The molecular weight excluding hydrogens is 334 g/mol. The van der Waals surface area contributed by atoms with E-state index in [-0.39, 0.29) is 10.6 Å². The minimum atomic E-state index is -0.818. The van der Waals surface area contributed by atoms with Gasteiger partial charge in [-0.3, -0.25) is 4.98 Å². The fourth-order valence-electron chi connectivity index (χ4n) is 2.45. The van der Waals surface area contributed by atoms with Crippen LogP contribution in [0.15, 0.2) is 54.9 Å². The monoisotopic (exact) mass is 342 g/mol. The molecule has 0 aliphatic heterocycles. The van der Waals surface area contributed by atoms with Gasteiger partial charge in [0, 0.05) is 29.6 Å². The van der Waals surface area contributed by atoms with E-state index in [1.54, 1.807) is 22.8 Å². The molecule has 0 radical (unpaired) electrons. The third kappa shape index (κ3) is 2.41. The van der Waals surface area contributed by atoms with Crippen LogP contribution in [0.2, 0.25) is 5.02 Å². The summed E-state index contributed by atoms with van der Waals surface area (Å²) in [7, 11) is 0. The lowest BCUT2D eigenvalue weighted by Crippen LogP contribution is -1.95. The number of fused-ring (bicyclic) bond motifs is 1. The van der Waals surface area contributed by atoms with Crippen molar-refractivity contribution in [3.8, 4) is 22.6 Å². The Labute approximate surface area is 140 Å². The summed E-state index contributed by atoms with van der Waals surface area (Å²) >= 11 is 5.79. The molecule has 0 aliphatic rings. The average Bonchev–Trinajstić information content (AvgIpc) is 3.02. The molecule has 0 unspecified atom stereocenters. The van der Waals surface area contributed by atoms with Gasteiger partial charge in [-0.05, 0) is 30.3 Å². The maximum absolute atomic E-state index is 14.2. The maximum Gasteiger partial charge on any atom is 0.184 e. The molecule has 4 aromatic rings. The highest BCUT2D eigenvalue weighted by Crippen LogP contribution is 2.32. The molecule has 4 nitrogen and oxygen atoms in total.